The fourth-order valence-corrected chi connectivity index (χ4v) is 1.86. The lowest BCUT2D eigenvalue weighted by Gasteiger charge is -2.21. The Kier molecular flexibility index (Phi) is 2.79. The number of fused-ring (bicyclic) bond motifs is 1. The third-order valence-corrected chi connectivity index (χ3v) is 2.67. The van der Waals surface area contributed by atoms with Crippen LogP contribution in [-0.2, 0) is 0 Å². The van der Waals surface area contributed by atoms with E-state index in [0.717, 1.165) is 12.2 Å². The Hall–Kier alpha value is -2.57. The van der Waals surface area contributed by atoms with Gasteiger partial charge < -0.3 is 14.5 Å². The van der Waals surface area contributed by atoms with E-state index in [2.05, 4.69) is 20.8 Å². The van der Waals surface area contributed by atoms with Crippen LogP contribution in [0.1, 0.15) is 16.2 Å². The zero-order valence-corrected chi connectivity index (χ0v) is 10.3. The minimum atomic E-state index is -0.343. The molecule has 2 N–H and O–H groups in total. The molecule has 19 heavy (non-hydrogen) atoms. The standard InChI is InChI=1S/C12H12N4O3/c1-7-15-16-12(19-7)14-11(17)8-3-2-4-9-10(8)18-6-5-13-9/h2-4,13H,5-6H2,1H3,(H,14,16,17). The van der Waals surface area contributed by atoms with Crippen LogP contribution in [0.25, 0.3) is 0 Å². The van der Waals surface area contributed by atoms with Crippen LogP contribution in [0.4, 0.5) is 11.7 Å². The lowest BCUT2D eigenvalue weighted by atomic mass is 10.1. The quantitative estimate of drug-likeness (QED) is 0.849. The van der Waals surface area contributed by atoms with E-state index in [1.165, 1.54) is 0 Å². The topological polar surface area (TPSA) is 89.3 Å². The van der Waals surface area contributed by atoms with Gasteiger partial charge in [0.15, 0.2) is 5.75 Å². The zero-order valence-electron chi connectivity index (χ0n) is 10.3. The van der Waals surface area contributed by atoms with E-state index in [-0.39, 0.29) is 11.9 Å². The molecule has 0 aliphatic carbocycles. The molecule has 1 aliphatic rings. The molecule has 2 aromatic rings. The van der Waals surface area contributed by atoms with E-state index in [1.54, 1.807) is 19.1 Å². The third kappa shape index (κ3) is 2.22. The molecular formula is C12H12N4O3. The van der Waals surface area contributed by atoms with Crippen LogP contribution in [0, 0.1) is 6.92 Å². The van der Waals surface area contributed by atoms with Gasteiger partial charge in [0.2, 0.25) is 5.89 Å². The zero-order chi connectivity index (χ0) is 13.2. The second kappa shape index (κ2) is 4.60. The van der Waals surface area contributed by atoms with Crippen molar-refractivity contribution in [2.45, 2.75) is 6.92 Å². The Morgan fingerprint density at radius 1 is 1.42 bits per heavy atom. The number of para-hydroxylation sites is 1. The van der Waals surface area contributed by atoms with Crippen molar-refractivity contribution < 1.29 is 13.9 Å². The van der Waals surface area contributed by atoms with Crippen LogP contribution in [0.5, 0.6) is 5.75 Å². The van der Waals surface area contributed by atoms with E-state index < -0.39 is 0 Å². The smallest absolute Gasteiger partial charge is 0.322 e. The first-order chi connectivity index (χ1) is 9.24. The summed E-state index contributed by atoms with van der Waals surface area (Å²) in [6.45, 7) is 2.90. The molecule has 0 bridgehead atoms. The van der Waals surface area contributed by atoms with E-state index in [1.807, 2.05) is 6.07 Å². The summed E-state index contributed by atoms with van der Waals surface area (Å²) in [6, 6.07) is 5.41. The number of carbonyl (C=O) groups is 1. The highest BCUT2D eigenvalue weighted by atomic mass is 16.5. The number of ether oxygens (including phenoxy) is 1. The first-order valence-corrected chi connectivity index (χ1v) is 5.85. The van der Waals surface area contributed by atoms with Gasteiger partial charge in [-0.15, -0.1) is 5.10 Å². The molecule has 1 aliphatic heterocycles. The molecule has 0 saturated heterocycles. The van der Waals surface area contributed by atoms with Gasteiger partial charge in [-0.2, -0.15) is 0 Å². The molecule has 0 fully saturated rings. The largest absolute Gasteiger partial charge is 0.489 e. The average molecular weight is 260 g/mol. The van der Waals surface area contributed by atoms with Crippen molar-refractivity contribution in [1.29, 1.82) is 0 Å². The van der Waals surface area contributed by atoms with Crippen molar-refractivity contribution in [1.82, 2.24) is 10.2 Å². The summed E-state index contributed by atoms with van der Waals surface area (Å²) in [5.74, 6) is 0.593. The summed E-state index contributed by atoms with van der Waals surface area (Å²) >= 11 is 0. The fourth-order valence-electron chi connectivity index (χ4n) is 1.86. The van der Waals surface area contributed by atoms with Gasteiger partial charge in [-0.25, -0.2) is 0 Å². The summed E-state index contributed by atoms with van der Waals surface area (Å²) in [7, 11) is 0. The minimum Gasteiger partial charge on any atom is -0.489 e. The molecule has 2 heterocycles. The molecule has 0 unspecified atom stereocenters. The molecule has 7 nitrogen and oxygen atoms in total. The highest BCUT2D eigenvalue weighted by molar-refractivity contribution is 6.06. The highest BCUT2D eigenvalue weighted by Gasteiger charge is 2.20. The number of amides is 1. The molecular weight excluding hydrogens is 248 g/mol. The maximum absolute atomic E-state index is 12.1. The van der Waals surface area contributed by atoms with Gasteiger partial charge in [0.25, 0.3) is 5.91 Å². The van der Waals surface area contributed by atoms with E-state index in [9.17, 15) is 4.79 Å². The number of hydrogen-bond acceptors (Lipinski definition) is 6. The Labute approximate surface area is 109 Å². The molecule has 7 heteroatoms. The highest BCUT2D eigenvalue weighted by Crippen LogP contribution is 2.31. The lowest BCUT2D eigenvalue weighted by molar-refractivity contribution is 0.102. The van der Waals surface area contributed by atoms with E-state index in [4.69, 9.17) is 9.15 Å². The van der Waals surface area contributed by atoms with Gasteiger partial charge in [-0.1, -0.05) is 11.2 Å². The van der Waals surface area contributed by atoms with Gasteiger partial charge in [-0.05, 0) is 12.1 Å². The van der Waals surface area contributed by atoms with Crippen molar-refractivity contribution in [3.05, 3.63) is 29.7 Å². The predicted molar refractivity (Wildman–Crippen MR) is 67.4 cm³/mol. The normalized spacial score (nSPS) is 13.1. The second-order valence-electron chi connectivity index (χ2n) is 4.04. The summed E-state index contributed by atoms with van der Waals surface area (Å²) in [6.07, 6.45) is 0. The number of rotatable bonds is 2. The third-order valence-electron chi connectivity index (χ3n) is 2.67. The summed E-state index contributed by atoms with van der Waals surface area (Å²) in [5.41, 5.74) is 1.24. The predicted octanol–water partition coefficient (Wildman–Crippen LogP) is 1.43. The lowest BCUT2D eigenvalue weighted by Crippen LogP contribution is -2.22. The van der Waals surface area contributed by atoms with Crippen LogP contribution in [-0.4, -0.2) is 29.3 Å². The van der Waals surface area contributed by atoms with Crippen LogP contribution < -0.4 is 15.4 Å². The first-order valence-electron chi connectivity index (χ1n) is 5.85. The van der Waals surface area contributed by atoms with Crippen molar-refractivity contribution in [3.63, 3.8) is 0 Å². The average Bonchev–Trinajstić information content (AvgIpc) is 2.83. The van der Waals surface area contributed by atoms with Gasteiger partial charge in [0.1, 0.15) is 6.61 Å². The molecule has 1 aromatic carbocycles. The van der Waals surface area contributed by atoms with Crippen molar-refractivity contribution in [3.8, 4) is 5.75 Å². The molecule has 0 spiro atoms. The Balaban J connectivity index is 1.87. The Morgan fingerprint density at radius 2 is 2.32 bits per heavy atom. The number of nitrogens with zero attached hydrogens (tertiary/aromatic N) is 2. The van der Waals surface area contributed by atoms with Gasteiger partial charge in [0.05, 0.1) is 11.3 Å². The molecule has 1 amide bonds. The maximum atomic E-state index is 12.1. The molecule has 0 radical (unpaired) electrons. The number of hydrogen-bond donors (Lipinski definition) is 2. The van der Waals surface area contributed by atoms with Gasteiger partial charge in [-0.3, -0.25) is 10.1 Å². The van der Waals surface area contributed by atoms with Crippen LogP contribution >= 0.6 is 0 Å². The van der Waals surface area contributed by atoms with E-state index >= 15 is 0 Å². The number of anilines is 2. The summed E-state index contributed by atoms with van der Waals surface area (Å²) < 4.78 is 10.6. The SMILES string of the molecule is Cc1nnc(NC(=O)c2cccc3c2OCCN3)o1. The number of benzene rings is 1. The van der Waals surface area contributed by atoms with Crippen LogP contribution in [0.15, 0.2) is 22.6 Å². The molecule has 98 valence electrons. The van der Waals surface area contributed by atoms with Gasteiger partial charge in [0, 0.05) is 13.5 Å². The fraction of sp³-hybridized carbons (Fsp3) is 0.250. The minimum absolute atomic E-state index is 0.0730. The molecule has 3 rings (SSSR count). The second-order valence-corrected chi connectivity index (χ2v) is 4.04. The molecule has 0 atom stereocenters. The number of carbonyl (C=O) groups excluding carboxylic acids is 1. The maximum Gasteiger partial charge on any atom is 0.322 e. The number of aromatic nitrogens is 2. The first kappa shape index (κ1) is 11.5. The van der Waals surface area contributed by atoms with Crippen molar-refractivity contribution >= 4 is 17.6 Å². The Morgan fingerprint density at radius 3 is 3.11 bits per heavy atom. The number of nitrogens with one attached hydrogen (secondary N) is 2. The number of aryl methyl sites for hydroxylation is 1. The van der Waals surface area contributed by atoms with Crippen molar-refractivity contribution in [2.24, 2.45) is 0 Å². The van der Waals surface area contributed by atoms with Gasteiger partial charge >= 0.3 is 6.01 Å². The Bertz CT molecular complexity index is 623. The molecule has 1 aromatic heterocycles. The monoisotopic (exact) mass is 260 g/mol. The van der Waals surface area contributed by atoms with Crippen LogP contribution in [0.2, 0.25) is 0 Å². The summed E-state index contributed by atoms with van der Waals surface area (Å²) in [5, 5.41) is 13.1. The van der Waals surface area contributed by atoms with E-state index in [0.29, 0.717) is 23.8 Å². The summed E-state index contributed by atoms with van der Waals surface area (Å²) in [4.78, 5) is 12.1. The van der Waals surface area contributed by atoms with Crippen molar-refractivity contribution in [2.75, 3.05) is 23.8 Å². The molecule has 0 saturated carbocycles. The van der Waals surface area contributed by atoms with Crippen LogP contribution in [0.3, 0.4) is 0 Å².